The highest BCUT2D eigenvalue weighted by atomic mass is 32.2. The van der Waals surface area contributed by atoms with Crippen LogP contribution in [0.15, 0.2) is 42.5 Å². The molecule has 0 aliphatic carbocycles. The van der Waals surface area contributed by atoms with E-state index in [0.29, 0.717) is 18.7 Å². The van der Waals surface area contributed by atoms with Gasteiger partial charge >= 0.3 is 0 Å². The lowest BCUT2D eigenvalue weighted by atomic mass is 10.0. The number of nitrogens with one attached hydrogen (secondary N) is 2. The van der Waals surface area contributed by atoms with Gasteiger partial charge in [0.05, 0.1) is 0 Å². The van der Waals surface area contributed by atoms with E-state index in [1.165, 1.54) is 17.7 Å². The molecule has 2 aromatic carbocycles. The quantitative estimate of drug-likeness (QED) is 0.530. The summed E-state index contributed by atoms with van der Waals surface area (Å²) in [5, 5.41) is 5.86. The lowest BCUT2D eigenvalue weighted by Gasteiger charge is -2.19. The zero-order valence-corrected chi connectivity index (χ0v) is 17.9. The van der Waals surface area contributed by atoms with Crippen molar-refractivity contribution in [1.82, 2.24) is 10.6 Å². The highest BCUT2D eigenvalue weighted by Gasteiger charge is 2.17. The molecule has 1 amide bonds. The summed E-state index contributed by atoms with van der Waals surface area (Å²) >= 11 is 0. The zero-order valence-electron chi connectivity index (χ0n) is 17.1. The van der Waals surface area contributed by atoms with Gasteiger partial charge in [-0.15, -0.1) is 0 Å². The Morgan fingerprint density at radius 3 is 2.37 bits per heavy atom. The van der Waals surface area contributed by atoms with Crippen LogP contribution < -0.4 is 10.6 Å². The van der Waals surface area contributed by atoms with Crippen LogP contribution in [0.3, 0.4) is 0 Å². The fraction of sp³-hybridized carbons (Fsp3) is 0.364. The van der Waals surface area contributed by atoms with Crippen LogP contribution in [0.2, 0.25) is 0 Å². The van der Waals surface area contributed by atoms with Gasteiger partial charge in [0.1, 0.15) is 17.4 Å². The maximum atomic E-state index is 13.5. The second-order valence-corrected chi connectivity index (χ2v) is 9.41. The fourth-order valence-electron chi connectivity index (χ4n) is 3.06. The molecular formula is C22H27F2N2O3S. The molecule has 1 atom stereocenters. The van der Waals surface area contributed by atoms with E-state index in [0.717, 1.165) is 24.3 Å². The number of benzene rings is 2. The summed E-state index contributed by atoms with van der Waals surface area (Å²) in [6.45, 7) is 3.11. The van der Waals surface area contributed by atoms with E-state index in [-0.39, 0.29) is 6.42 Å². The predicted molar refractivity (Wildman–Crippen MR) is 114 cm³/mol. The molecule has 30 heavy (non-hydrogen) atoms. The molecule has 2 N–H and O–H groups in total. The first-order valence-corrected chi connectivity index (χ1v) is 11.7. The molecule has 0 spiro atoms. The molecule has 2 rings (SSSR count). The summed E-state index contributed by atoms with van der Waals surface area (Å²) in [6, 6.07) is 10.7. The minimum absolute atomic E-state index is 0.136. The third kappa shape index (κ3) is 9.00. The van der Waals surface area contributed by atoms with Gasteiger partial charge in [-0.1, -0.05) is 31.2 Å². The maximum Gasteiger partial charge on any atom is 0.235 e. The third-order valence-corrected chi connectivity index (χ3v) is 5.18. The van der Waals surface area contributed by atoms with Gasteiger partial charge in [-0.3, -0.25) is 4.79 Å². The van der Waals surface area contributed by atoms with Gasteiger partial charge in [0, 0.05) is 31.5 Å². The van der Waals surface area contributed by atoms with Crippen molar-refractivity contribution < 1.29 is 22.0 Å². The molecule has 2 aromatic rings. The van der Waals surface area contributed by atoms with Crippen LogP contribution >= 0.6 is 0 Å². The van der Waals surface area contributed by atoms with Gasteiger partial charge in [-0.25, -0.2) is 17.2 Å². The molecule has 0 bridgehead atoms. The minimum atomic E-state index is -3.48. The number of hydrogen-bond donors (Lipinski definition) is 2. The SMILES string of the molecule is CCc1cccc(CNC[CH][C@@H](Cc2cc(F)cc(F)c2)NC(=O)CS(C)(=O)=O)c1. The van der Waals surface area contributed by atoms with Crippen molar-refractivity contribution in [2.45, 2.75) is 32.4 Å². The van der Waals surface area contributed by atoms with E-state index in [1.807, 2.05) is 12.1 Å². The number of rotatable bonds is 11. The molecular weight excluding hydrogens is 410 g/mol. The smallest absolute Gasteiger partial charge is 0.235 e. The normalized spacial score (nSPS) is 12.5. The van der Waals surface area contributed by atoms with Crippen molar-refractivity contribution in [3.05, 3.63) is 77.2 Å². The summed E-state index contributed by atoms with van der Waals surface area (Å²) in [6.07, 6.45) is 3.81. The van der Waals surface area contributed by atoms with E-state index < -0.39 is 39.2 Å². The van der Waals surface area contributed by atoms with Gasteiger partial charge in [0.2, 0.25) is 5.91 Å². The highest BCUT2D eigenvalue weighted by Crippen LogP contribution is 2.12. The van der Waals surface area contributed by atoms with Crippen LogP contribution in [0.1, 0.15) is 23.6 Å². The monoisotopic (exact) mass is 437 g/mol. The summed E-state index contributed by atoms with van der Waals surface area (Å²) in [5.41, 5.74) is 2.72. The van der Waals surface area contributed by atoms with Crippen molar-refractivity contribution in [3.8, 4) is 0 Å². The number of carbonyl (C=O) groups excluding carboxylic acids is 1. The molecule has 5 nitrogen and oxygen atoms in total. The van der Waals surface area contributed by atoms with Crippen LogP contribution in [0.4, 0.5) is 8.78 Å². The predicted octanol–water partition coefficient (Wildman–Crippen LogP) is 2.59. The molecule has 1 radical (unpaired) electrons. The van der Waals surface area contributed by atoms with Gasteiger partial charge < -0.3 is 10.6 Å². The first-order chi connectivity index (χ1) is 14.1. The van der Waals surface area contributed by atoms with E-state index in [1.54, 1.807) is 6.42 Å². The Balaban J connectivity index is 1.98. The van der Waals surface area contributed by atoms with Crippen molar-refractivity contribution in [2.75, 3.05) is 18.6 Å². The number of carbonyl (C=O) groups is 1. The summed E-state index contributed by atoms with van der Waals surface area (Å²) in [5.74, 6) is -2.72. The van der Waals surface area contributed by atoms with E-state index in [2.05, 4.69) is 29.7 Å². The molecule has 0 saturated heterocycles. The van der Waals surface area contributed by atoms with Crippen LogP contribution in [0.5, 0.6) is 0 Å². The van der Waals surface area contributed by atoms with Crippen LogP contribution in [0.25, 0.3) is 0 Å². The molecule has 163 valence electrons. The lowest BCUT2D eigenvalue weighted by molar-refractivity contribution is -0.119. The zero-order chi connectivity index (χ0) is 22.1. The second kappa shape index (κ2) is 11.2. The molecule has 0 heterocycles. The Hall–Kier alpha value is -2.32. The standard InChI is InChI=1S/C22H27F2N2O3S/c1-3-16-5-4-6-17(9-16)14-25-8-7-21(26-22(27)15-30(2,28)29)12-18-10-19(23)13-20(24)11-18/h4-7,9-11,13,21,25H,3,8,12,14-15H2,1-2H3,(H,26,27)/t21-/m0/s1. The van der Waals surface area contributed by atoms with Gasteiger partial charge in [-0.05, 0) is 48.1 Å². The van der Waals surface area contributed by atoms with E-state index >= 15 is 0 Å². The molecule has 0 aliphatic rings. The fourth-order valence-corrected chi connectivity index (χ4v) is 3.62. The summed E-state index contributed by atoms with van der Waals surface area (Å²) < 4.78 is 49.7. The van der Waals surface area contributed by atoms with Gasteiger partial charge in [0.15, 0.2) is 9.84 Å². The lowest BCUT2D eigenvalue weighted by Crippen LogP contribution is -2.41. The highest BCUT2D eigenvalue weighted by molar-refractivity contribution is 7.91. The van der Waals surface area contributed by atoms with E-state index in [4.69, 9.17) is 0 Å². The summed E-state index contributed by atoms with van der Waals surface area (Å²) in [7, 11) is -3.48. The van der Waals surface area contributed by atoms with Crippen LogP contribution in [0, 0.1) is 18.1 Å². The topological polar surface area (TPSA) is 75.3 Å². The number of aryl methyl sites for hydroxylation is 1. The summed E-state index contributed by atoms with van der Waals surface area (Å²) in [4.78, 5) is 12.0. The van der Waals surface area contributed by atoms with Crippen molar-refractivity contribution in [1.29, 1.82) is 0 Å². The Labute approximate surface area is 176 Å². The van der Waals surface area contributed by atoms with Gasteiger partial charge in [0.25, 0.3) is 0 Å². The minimum Gasteiger partial charge on any atom is -0.352 e. The van der Waals surface area contributed by atoms with Gasteiger partial charge in [-0.2, -0.15) is 0 Å². The number of sulfone groups is 1. The van der Waals surface area contributed by atoms with Crippen molar-refractivity contribution in [2.24, 2.45) is 0 Å². The number of amides is 1. The molecule has 0 fully saturated rings. The maximum absolute atomic E-state index is 13.5. The van der Waals surface area contributed by atoms with Crippen LogP contribution in [-0.2, 0) is 34.0 Å². The Bertz CT molecular complexity index is 944. The molecule has 0 aromatic heterocycles. The van der Waals surface area contributed by atoms with Crippen molar-refractivity contribution >= 4 is 15.7 Å². The molecule has 0 saturated carbocycles. The third-order valence-electron chi connectivity index (χ3n) is 4.39. The second-order valence-electron chi connectivity index (χ2n) is 7.27. The number of hydrogen-bond acceptors (Lipinski definition) is 4. The first-order valence-electron chi connectivity index (χ1n) is 9.68. The largest absolute Gasteiger partial charge is 0.352 e. The Morgan fingerprint density at radius 2 is 1.73 bits per heavy atom. The number of halogens is 2. The molecule has 8 heteroatoms. The average Bonchev–Trinajstić information content (AvgIpc) is 2.63. The molecule has 0 aliphatic heterocycles. The van der Waals surface area contributed by atoms with Crippen LogP contribution in [-0.4, -0.2) is 38.9 Å². The molecule has 0 unspecified atom stereocenters. The van der Waals surface area contributed by atoms with Crippen molar-refractivity contribution in [3.63, 3.8) is 0 Å². The van der Waals surface area contributed by atoms with E-state index in [9.17, 15) is 22.0 Å². The first kappa shape index (κ1) is 24.0. The Morgan fingerprint density at radius 1 is 1.07 bits per heavy atom. The average molecular weight is 438 g/mol. The Kier molecular flexibility index (Phi) is 8.92.